The molecule has 0 radical (unpaired) electrons. The van der Waals surface area contributed by atoms with E-state index in [-0.39, 0.29) is 0 Å². The fourth-order valence-corrected chi connectivity index (χ4v) is 4.19. The predicted octanol–water partition coefficient (Wildman–Crippen LogP) is 4.44. The van der Waals surface area contributed by atoms with Crippen LogP contribution in [0, 0.1) is 14.7 Å². The highest BCUT2D eigenvalue weighted by molar-refractivity contribution is 14.1. The van der Waals surface area contributed by atoms with Crippen LogP contribution in [0.3, 0.4) is 0 Å². The molecule has 0 bridgehead atoms. The van der Waals surface area contributed by atoms with Crippen molar-refractivity contribution in [2.24, 2.45) is 11.8 Å². The SMILES string of the molecule is CNC(c1csc(I)c1)C1CCC(C)CC1. The van der Waals surface area contributed by atoms with Gasteiger partial charge in [-0.1, -0.05) is 19.8 Å². The van der Waals surface area contributed by atoms with Crippen LogP contribution in [-0.2, 0) is 0 Å². The normalized spacial score (nSPS) is 27.9. The highest BCUT2D eigenvalue weighted by atomic mass is 127. The van der Waals surface area contributed by atoms with Gasteiger partial charge in [-0.15, -0.1) is 11.3 Å². The first kappa shape index (κ1) is 12.8. The molecule has 0 aromatic carbocycles. The summed E-state index contributed by atoms with van der Waals surface area (Å²) >= 11 is 4.27. The van der Waals surface area contributed by atoms with E-state index >= 15 is 0 Å². The lowest BCUT2D eigenvalue weighted by Gasteiger charge is -2.32. The van der Waals surface area contributed by atoms with Gasteiger partial charge >= 0.3 is 0 Å². The first-order valence-electron chi connectivity index (χ1n) is 6.12. The molecule has 16 heavy (non-hydrogen) atoms. The van der Waals surface area contributed by atoms with Crippen LogP contribution in [0.4, 0.5) is 0 Å². The Morgan fingerprint density at radius 2 is 2.06 bits per heavy atom. The van der Waals surface area contributed by atoms with Crippen molar-refractivity contribution in [1.29, 1.82) is 0 Å². The molecule has 1 N–H and O–H groups in total. The van der Waals surface area contributed by atoms with E-state index in [0.717, 1.165) is 11.8 Å². The second kappa shape index (κ2) is 5.83. The average molecular weight is 349 g/mol. The zero-order chi connectivity index (χ0) is 11.5. The van der Waals surface area contributed by atoms with Gasteiger partial charge in [0.2, 0.25) is 0 Å². The second-order valence-corrected chi connectivity index (χ2v) is 7.78. The van der Waals surface area contributed by atoms with Crippen LogP contribution in [-0.4, -0.2) is 7.05 Å². The van der Waals surface area contributed by atoms with Gasteiger partial charge in [-0.25, -0.2) is 0 Å². The molecule has 1 nitrogen and oxygen atoms in total. The van der Waals surface area contributed by atoms with Crippen molar-refractivity contribution in [2.45, 2.75) is 38.6 Å². The van der Waals surface area contributed by atoms with Crippen molar-refractivity contribution >= 4 is 33.9 Å². The molecule has 0 spiro atoms. The van der Waals surface area contributed by atoms with Gasteiger partial charge in [0.25, 0.3) is 0 Å². The highest BCUT2D eigenvalue weighted by Gasteiger charge is 2.26. The topological polar surface area (TPSA) is 12.0 Å². The van der Waals surface area contributed by atoms with Crippen LogP contribution in [0.25, 0.3) is 0 Å². The van der Waals surface area contributed by atoms with Gasteiger partial charge in [0.15, 0.2) is 0 Å². The Balaban J connectivity index is 2.05. The van der Waals surface area contributed by atoms with Crippen molar-refractivity contribution in [3.8, 4) is 0 Å². The Kier molecular flexibility index (Phi) is 4.67. The smallest absolute Gasteiger partial charge is 0.0656 e. The van der Waals surface area contributed by atoms with Crippen LogP contribution >= 0.6 is 33.9 Å². The largest absolute Gasteiger partial charge is 0.313 e. The van der Waals surface area contributed by atoms with Crippen molar-refractivity contribution < 1.29 is 0 Å². The standard InChI is InChI=1S/C13H20INS/c1-9-3-5-10(6-4-9)13(15-2)11-7-12(14)16-8-11/h7-10,13,15H,3-6H2,1-2H3. The van der Waals surface area contributed by atoms with E-state index < -0.39 is 0 Å². The molecule has 1 aliphatic rings. The zero-order valence-electron chi connectivity index (χ0n) is 10.0. The first-order chi connectivity index (χ1) is 7.70. The minimum Gasteiger partial charge on any atom is -0.313 e. The van der Waals surface area contributed by atoms with Gasteiger partial charge in [0.05, 0.1) is 2.88 Å². The van der Waals surface area contributed by atoms with E-state index in [1.54, 1.807) is 0 Å². The van der Waals surface area contributed by atoms with Gasteiger partial charge in [-0.2, -0.15) is 0 Å². The van der Waals surface area contributed by atoms with E-state index in [9.17, 15) is 0 Å². The monoisotopic (exact) mass is 349 g/mol. The third kappa shape index (κ3) is 2.99. The summed E-state index contributed by atoms with van der Waals surface area (Å²) in [5.41, 5.74) is 1.50. The molecule has 1 aliphatic carbocycles. The van der Waals surface area contributed by atoms with Gasteiger partial charge in [-0.3, -0.25) is 0 Å². The molecule has 1 fully saturated rings. The highest BCUT2D eigenvalue weighted by Crippen LogP contribution is 2.37. The molecular weight excluding hydrogens is 329 g/mol. The fourth-order valence-electron chi connectivity index (χ4n) is 2.78. The van der Waals surface area contributed by atoms with E-state index in [1.165, 1.54) is 34.1 Å². The number of halogens is 1. The molecule has 2 rings (SSSR count). The van der Waals surface area contributed by atoms with Gasteiger partial charge in [0.1, 0.15) is 0 Å². The second-order valence-electron chi connectivity index (χ2n) is 4.97. The predicted molar refractivity (Wildman–Crippen MR) is 80.0 cm³/mol. The third-order valence-electron chi connectivity index (χ3n) is 3.79. The molecule has 1 unspecified atom stereocenters. The average Bonchev–Trinajstić information content (AvgIpc) is 2.69. The van der Waals surface area contributed by atoms with Crippen molar-refractivity contribution in [1.82, 2.24) is 5.32 Å². The molecule has 1 heterocycles. The molecule has 90 valence electrons. The molecule has 1 aromatic rings. The van der Waals surface area contributed by atoms with E-state index in [2.05, 4.69) is 53.3 Å². The van der Waals surface area contributed by atoms with Crippen LogP contribution in [0.1, 0.15) is 44.2 Å². The minimum atomic E-state index is 0.576. The number of thiophene rings is 1. The lowest BCUT2D eigenvalue weighted by atomic mass is 9.78. The maximum atomic E-state index is 3.52. The summed E-state index contributed by atoms with van der Waals surface area (Å²) < 4.78 is 1.40. The van der Waals surface area contributed by atoms with Gasteiger partial charge < -0.3 is 5.32 Å². The van der Waals surface area contributed by atoms with E-state index in [1.807, 2.05) is 11.3 Å². The summed E-state index contributed by atoms with van der Waals surface area (Å²) in [5.74, 6) is 1.78. The lowest BCUT2D eigenvalue weighted by Crippen LogP contribution is -2.28. The molecule has 0 amide bonds. The molecule has 3 heteroatoms. The Bertz CT molecular complexity index is 328. The quantitative estimate of drug-likeness (QED) is 0.796. The summed E-state index contributed by atoms with van der Waals surface area (Å²) in [5, 5.41) is 5.84. The molecule has 0 aliphatic heterocycles. The van der Waals surface area contributed by atoms with Gasteiger partial charge in [0, 0.05) is 6.04 Å². The fraction of sp³-hybridized carbons (Fsp3) is 0.692. The Morgan fingerprint density at radius 1 is 1.38 bits per heavy atom. The summed E-state index contributed by atoms with van der Waals surface area (Å²) in [6.45, 7) is 2.39. The number of hydrogen-bond acceptors (Lipinski definition) is 2. The minimum absolute atomic E-state index is 0.576. The number of hydrogen-bond donors (Lipinski definition) is 1. The van der Waals surface area contributed by atoms with Crippen LogP contribution in [0.15, 0.2) is 11.4 Å². The van der Waals surface area contributed by atoms with Crippen molar-refractivity contribution in [3.63, 3.8) is 0 Å². The van der Waals surface area contributed by atoms with Crippen molar-refractivity contribution in [3.05, 3.63) is 19.9 Å². The summed E-state index contributed by atoms with van der Waals surface area (Å²) in [7, 11) is 2.10. The Hall–Kier alpha value is 0.390. The van der Waals surface area contributed by atoms with E-state index in [4.69, 9.17) is 0 Å². The number of rotatable bonds is 3. The maximum absolute atomic E-state index is 3.52. The van der Waals surface area contributed by atoms with Crippen LogP contribution in [0.5, 0.6) is 0 Å². The summed E-state index contributed by atoms with van der Waals surface area (Å²) in [4.78, 5) is 0. The molecule has 1 atom stereocenters. The summed E-state index contributed by atoms with van der Waals surface area (Å²) in [6, 6.07) is 2.91. The maximum Gasteiger partial charge on any atom is 0.0656 e. The van der Waals surface area contributed by atoms with Crippen LogP contribution < -0.4 is 5.32 Å². The molecule has 0 saturated heterocycles. The van der Waals surface area contributed by atoms with Gasteiger partial charge in [-0.05, 0) is 71.3 Å². The Morgan fingerprint density at radius 3 is 2.56 bits per heavy atom. The van der Waals surface area contributed by atoms with Crippen molar-refractivity contribution in [2.75, 3.05) is 7.05 Å². The summed E-state index contributed by atoms with van der Waals surface area (Å²) in [6.07, 6.45) is 5.59. The first-order valence-corrected chi connectivity index (χ1v) is 8.07. The van der Waals surface area contributed by atoms with E-state index in [0.29, 0.717) is 6.04 Å². The molecular formula is C13H20INS. The third-order valence-corrected chi connectivity index (χ3v) is 5.60. The van der Waals surface area contributed by atoms with Crippen LogP contribution in [0.2, 0.25) is 0 Å². The zero-order valence-corrected chi connectivity index (χ0v) is 13.0. The lowest BCUT2D eigenvalue weighted by molar-refractivity contribution is 0.238. The number of nitrogens with one attached hydrogen (secondary N) is 1. The molecule has 1 saturated carbocycles. The molecule has 1 aromatic heterocycles. The Labute approximate surface area is 116 Å².